The summed E-state index contributed by atoms with van der Waals surface area (Å²) in [5.41, 5.74) is 0.539. The Morgan fingerprint density at radius 1 is 1.16 bits per heavy atom. The Morgan fingerprint density at radius 2 is 1.88 bits per heavy atom. The third-order valence-corrected chi connectivity index (χ3v) is 4.37. The first kappa shape index (κ1) is 19.4. The fraction of sp³-hybridized carbons (Fsp3) is 0.556. The Hall–Kier alpha value is -1.95. The lowest BCUT2D eigenvalue weighted by Crippen LogP contribution is -2.42. The Labute approximate surface area is 154 Å². The molecule has 25 heavy (non-hydrogen) atoms. The van der Waals surface area contributed by atoms with E-state index in [2.05, 4.69) is 5.32 Å². The van der Waals surface area contributed by atoms with Crippen molar-refractivity contribution in [3.8, 4) is 5.75 Å². The van der Waals surface area contributed by atoms with Crippen molar-refractivity contribution in [3.63, 3.8) is 0 Å². The fourth-order valence-electron chi connectivity index (χ4n) is 2.76. The molecule has 0 aromatic heterocycles. The van der Waals surface area contributed by atoms with Gasteiger partial charge in [-0.3, -0.25) is 4.79 Å². The smallest absolute Gasteiger partial charge is 0.317 e. The molecular formula is C18H26ClN3O3. The van der Waals surface area contributed by atoms with E-state index in [1.54, 1.807) is 28.0 Å². The molecule has 0 saturated carbocycles. The lowest BCUT2D eigenvalue weighted by Gasteiger charge is -2.22. The van der Waals surface area contributed by atoms with Gasteiger partial charge in [0.25, 0.3) is 5.91 Å². The second-order valence-electron chi connectivity index (χ2n) is 5.94. The van der Waals surface area contributed by atoms with Gasteiger partial charge >= 0.3 is 6.03 Å². The van der Waals surface area contributed by atoms with Crippen LogP contribution >= 0.6 is 11.6 Å². The van der Waals surface area contributed by atoms with Gasteiger partial charge in [-0.25, -0.2) is 4.79 Å². The molecule has 1 aromatic rings. The minimum Gasteiger partial charge on any atom is -0.492 e. The van der Waals surface area contributed by atoms with Gasteiger partial charge in [0.1, 0.15) is 5.75 Å². The van der Waals surface area contributed by atoms with Crippen molar-refractivity contribution in [1.29, 1.82) is 0 Å². The van der Waals surface area contributed by atoms with Crippen molar-refractivity contribution in [1.82, 2.24) is 15.1 Å². The SMILES string of the molecule is CCCNC(=O)N1CCCN(C(=O)c2ccc(OCC)c(Cl)c2)CC1. The zero-order valence-corrected chi connectivity index (χ0v) is 15.6. The molecule has 0 atom stereocenters. The predicted molar refractivity (Wildman–Crippen MR) is 98.4 cm³/mol. The van der Waals surface area contributed by atoms with Crippen LogP contribution in [0.15, 0.2) is 18.2 Å². The quantitative estimate of drug-likeness (QED) is 0.870. The number of benzene rings is 1. The Kier molecular flexibility index (Phi) is 7.37. The number of hydrogen-bond donors (Lipinski definition) is 1. The first-order chi connectivity index (χ1) is 12.1. The van der Waals surface area contributed by atoms with E-state index in [1.807, 2.05) is 13.8 Å². The van der Waals surface area contributed by atoms with Gasteiger partial charge in [-0.2, -0.15) is 0 Å². The number of halogens is 1. The highest BCUT2D eigenvalue weighted by Crippen LogP contribution is 2.26. The number of carbonyl (C=O) groups excluding carboxylic acids is 2. The average molecular weight is 368 g/mol. The number of carbonyl (C=O) groups is 2. The van der Waals surface area contributed by atoms with E-state index in [9.17, 15) is 9.59 Å². The van der Waals surface area contributed by atoms with Gasteiger partial charge in [0, 0.05) is 38.3 Å². The molecule has 0 radical (unpaired) electrons. The van der Waals surface area contributed by atoms with Gasteiger partial charge in [0.15, 0.2) is 0 Å². The maximum atomic E-state index is 12.7. The van der Waals surface area contributed by atoms with Crippen LogP contribution in [0.4, 0.5) is 4.79 Å². The molecule has 1 heterocycles. The second kappa shape index (κ2) is 9.51. The fourth-order valence-corrected chi connectivity index (χ4v) is 2.99. The molecule has 7 heteroatoms. The van der Waals surface area contributed by atoms with Crippen LogP contribution in [0.5, 0.6) is 5.75 Å². The zero-order valence-electron chi connectivity index (χ0n) is 14.9. The highest BCUT2D eigenvalue weighted by molar-refractivity contribution is 6.32. The highest BCUT2D eigenvalue weighted by atomic mass is 35.5. The van der Waals surface area contributed by atoms with E-state index in [-0.39, 0.29) is 11.9 Å². The highest BCUT2D eigenvalue weighted by Gasteiger charge is 2.23. The number of ether oxygens (including phenoxy) is 1. The maximum Gasteiger partial charge on any atom is 0.317 e. The Balaban J connectivity index is 1.98. The van der Waals surface area contributed by atoms with Gasteiger partial charge in [0.2, 0.25) is 0 Å². The molecule has 138 valence electrons. The molecule has 2 rings (SSSR count). The van der Waals surface area contributed by atoms with Crippen molar-refractivity contribution in [2.45, 2.75) is 26.7 Å². The normalized spacial score (nSPS) is 14.8. The minimum atomic E-state index is -0.0687. The van der Waals surface area contributed by atoms with E-state index >= 15 is 0 Å². The van der Waals surface area contributed by atoms with Crippen LogP contribution in [0.25, 0.3) is 0 Å². The van der Waals surface area contributed by atoms with Gasteiger partial charge in [-0.05, 0) is 38.0 Å². The van der Waals surface area contributed by atoms with Gasteiger partial charge in [0.05, 0.1) is 11.6 Å². The summed E-state index contributed by atoms with van der Waals surface area (Å²) < 4.78 is 5.40. The molecule has 1 N–H and O–H groups in total. The molecule has 1 saturated heterocycles. The molecule has 0 spiro atoms. The number of nitrogens with zero attached hydrogens (tertiary/aromatic N) is 2. The average Bonchev–Trinajstić information content (AvgIpc) is 2.87. The largest absolute Gasteiger partial charge is 0.492 e. The number of nitrogens with one attached hydrogen (secondary N) is 1. The van der Waals surface area contributed by atoms with Crippen LogP contribution in [0.1, 0.15) is 37.0 Å². The van der Waals surface area contributed by atoms with Crippen molar-refractivity contribution in [2.75, 3.05) is 39.3 Å². The standard InChI is InChI=1S/C18H26ClN3O3/c1-3-8-20-18(24)22-10-5-9-21(11-12-22)17(23)14-6-7-16(25-4-2)15(19)13-14/h6-7,13H,3-5,8-12H2,1-2H3,(H,20,24). The molecule has 1 aliphatic rings. The lowest BCUT2D eigenvalue weighted by atomic mass is 10.2. The van der Waals surface area contributed by atoms with Gasteiger partial charge in [-0.1, -0.05) is 18.5 Å². The predicted octanol–water partition coefficient (Wildman–Crippen LogP) is 3.01. The molecule has 1 aromatic carbocycles. The topological polar surface area (TPSA) is 61.9 Å². The van der Waals surface area contributed by atoms with Crippen molar-refractivity contribution >= 4 is 23.5 Å². The van der Waals surface area contributed by atoms with Crippen molar-refractivity contribution in [3.05, 3.63) is 28.8 Å². The van der Waals surface area contributed by atoms with Crippen LogP contribution in [-0.4, -0.2) is 61.1 Å². The number of rotatable bonds is 5. The van der Waals surface area contributed by atoms with Crippen LogP contribution < -0.4 is 10.1 Å². The first-order valence-corrected chi connectivity index (χ1v) is 9.19. The summed E-state index contributed by atoms with van der Waals surface area (Å²) in [6.07, 6.45) is 1.67. The van der Waals surface area contributed by atoms with Crippen LogP contribution in [0.3, 0.4) is 0 Å². The summed E-state index contributed by atoms with van der Waals surface area (Å²) in [5.74, 6) is 0.510. The summed E-state index contributed by atoms with van der Waals surface area (Å²) in [4.78, 5) is 28.4. The van der Waals surface area contributed by atoms with Crippen molar-refractivity contribution < 1.29 is 14.3 Å². The molecule has 3 amide bonds. The molecule has 1 aliphatic heterocycles. The second-order valence-corrected chi connectivity index (χ2v) is 6.35. The third kappa shape index (κ3) is 5.26. The molecule has 0 aliphatic carbocycles. The van der Waals surface area contributed by atoms with E-state index in [1.165, 1.54) is 0 Å². The van der Waals surface area contributed by atoms with Crippen molar-refractivity contribution in [2.24, 2.45) is 0 Å². The molecule has 1 fully saturated rings. The Morgan fingerprint density at radius 3 is 2.56 bits per heavy atom. The third-order valence-electron chi connectivity index (χ3n) is 4.08. The maximum absolute atomic E-state index is 12.7. The molecular weight excluding hydrogens is 342 g/mol. The van der Waals surface area contributed by atoms with E-state index < -0.39 is 0 Å². The first-order valence-electron chi connectivity index (χ1n) is 8.81. The van der Waals surface area contributed by atoms with E-state index in [0.29, 0.717) is 55.7 Å². The van der Waals surface area contributed by atoms with E-state index in [4.69, 9.17) is 16.3 Å². The summed E-state index contributed by atoms with van der Waals surface area (Å²) in [6.45, 7) is 7.43. The molecule has 6 nitrogen and oxygen atoms in total. The van der Waals surface area contributed by atoms with E-state index in [0.717, 1.165) is 12.8 Å². The summed E-state index contributed by atoms with van der Waals surface area (Å²) in [6, 6.07) is 5.04. The Bertz CT molecular complexity index is 609. The van der Waals surface area contributed by atoms with Gasteiger partial charge in [-0.15, -0.1) is 0 Å². The lowest BCUT2D eigenvalue weighted by molar-refractivity contribution is 0.0762. The molecule has 0 bridgehead atoms. The summed E-state index contributed by atoms with van der Waals surface area (Å²) >= 11 is 6.18. The number of hydrogen-bond acceptors (Lipinski definition) is 3. The van der Waals surface area contributed by atoms with Crippen LogP contribution in [0.2, 0.25) is 5.02 Å². The minimum absolute atomic E-state index is 0.0553. The van der Waals surface area contributed by atoms with Gasteiger partial charge < -0.3 is 19.9 Å². The monoisotopic (exact) mass is 367 g/mol. The number of amides is 3. The summed E-state index contributed by atoms with van der Waals surface area (Å²) in [7, 11) is 0. The summed E-state index contributed by atoms with van der Waals surface area (Å²) in [5, 5.41) is 3.32. The van der Waals surface area contributed by atoms with Crippen LogP contribution in [-0.2, 0) is 0 Å². The number of urea groups is 1. The molecule has 0 unspecified atom stereocenters. The zero-order chi connectivity index (χ0) is 18.2. The van der Waals surface area contributed by atoms with Crippen LogP contribution in [0, 0.1) is 0 Å².